The number of fused-ring (bicyclic) bond motifs is 1. The highest BCUT2D eigenvalue weighted by molar-refractivity contribution is 6.04. The lowest BCUT2D eigenvalue weighted by Crippen LogP contribution is -2.48. The summed E-state index contributed by atoms with van der Waals surface area (Å²) in [5.74, 6) is -0.661. The third-order valence-electron chi connectivity index (χ3n) is 6.69. The second kappa shape index (κ2) is 11.8. The normalized spacial score (nSPS) is 15.9. The van der Waals surface area contributed by atoms with Gasteiger partial charge in [0.25, 0.3) is 5.91 Å². The van der Waals surface area contributed by atoms with E-state index in [-0.39, 0.29) is 6.61 Å². The van der Waals surface area contributed by atoms with Crippen LogP contribution in [-0.2, 0) is 16.1 Å². The number of ether oxygens (including phenoxy) is 2. The lowest BCUT2D eigenvalue weighted by Gasteiger charge is -2.24. The summed E-state index contributed by atoms with van der Waals surface area (Å²) in [5, 5.41) is 14.3. The number of nitrogens with one attached hydrogen (secondary N) is 1. The molecule has 0 radical (unpaired) electrons. The van der Waals surface area contributed by atoms with Crippen molar-refractivity contribution >= 4 is 22.6 Å². The summed E-state index contributed by atoms with van der Waals surface area (Å²) in [7, 11) is 0. The van der Waals surface area contributed by atoms with Crippen LogP contribution in [0.2, 0.25) is 0 Å². The van der Waals surface area contributed by atoms with E-state index in [1.165, 1.54) is 19.3 Å². The fourth-order valence-electron chi connectivity index (χ4n) is 4.63. The third-order valence-corrected chi connectivity index (χ3v) is 6.69. The van der Waals surface area contributed by atoms with E-state index in [2.05, 4.69) is 5.32 Å². The molecule has 1 saturated carbocycles. The fraction of sp³-hybridized carbons (Fsp3) is 0.379. The first-order valence-electron chi connectivity index (χ1n) is 12.4. The Kier molecular flexibility index (Phi) is 8.37. The minimum atomic E-state index is -1.20. The summed E-state index contributed by atoms with van der Waals surface area (Å²) < 4.78 is 12.1. The topological polar surface area (TPSA) is 84.9 Å². The highest BCUT2D eigenvalue weighted by atomic mass is 16.5. The lowest BCUT2D eigenvalue weighted by atomic mass is 9.90. The number of benzene rings is 3. The van der Waals surface area contributed by atoms with Crippen LogP contribution in [0, 0.1) is 5.92 Å². The molecule has 0 spiro atoms. The maximum atomic E-state index is 13.3. The molecule has 1 aliphatic carbocycles. The van der Waals surface area contributed by atoms with Gasteiger partial charge in [-0.1, -0.05) is 79.9 Å². The summed E-state index contributed by atoms with van der Waals surface area (Å²) in [4.78, 5) is 25.4. The maximum Gasteiger partial charge on any atom is 0.328 e. The Morgan fingerprint density at radius 1 is 0.971 bits per heavy atom. The fourth-order valence-corrected chi connectivity index (χ4v) is 4.63. The molecule has 1 amide bonds. The number of carbonyl (C=O) groups excluding carboxylic acids is 1. The van der Waals surface area contributed by atoms with Crippen LogP contribution in [0.5, 0.6) is 5.75 Å². The quantitative estimate of drug-likeness (QED) is 0.399. The van der Waals surface area contributed by atoms with Crippen molar-refractivity contribution in [3.05, 3.63) is 77.9 Å². The SMILES string of the molecule is CC(OCc1ccccc1)C(NC(=O)c1ccc2ccccc2c1OCC1CCCCC1)C(=O)O. The van der Waals surface area contributed by atoms with Gasteiger partial charge < -0.3 is 19.9 Å². The minimum absolute atomic E-state index is 0.257. The van der Waals surface area contributed by atoms with Gasteiger partial charge in [-0.25, -0.2) is 4.79 Å². The van der Waals surface area contributed by atoms with Crippen molar-refractivity contribution in [2.75, 3.05) is 6.61 Å². The number of carboxylic acid groups (broad SMARTS) is 1. The van der Waals surface area contributed by atoms with Crippen LogP contribution in [0.4, 0.5) is 0 Å². The zero-order chi connectivity index (χ0) is 24.6. The molecular formula is C29H33NO5. The Balaban J connectivity index is 1.52. The van der Waals surface area contributed by atoms with Crippen molar-refractivity contribution < 1.29 is 24.2 Å². The van der Waals surface area contributed by atoms with E-state index in [0.29, 0.717) is 23.8 Å². The van der Waals surface area contributed by atoms with Crippen LogP contribution in [0.15, 0.2) is 66.7 Å². The molecule has 0 aromatic heterocycles. The van der Waals surface area contributed by atoms with Gasteiger partial charge in [-0.2, -0.15) is 0 Å². The third kappa shape index (κ3) is 6.40. The molecule has 0 heterocycles. The number of amides is 1. The molecular weight excluding hydrogens is 442 g/mol. The van der Waals surface area contributed by atoms with Crippen molar-refractivity contribution in [1.82, 2.24) is 5.32 Å². The monoisotopic (exact) mass is 475 g/mol. The zero-order valence-electron chi connectivity index (χ0n) is 20.1. The van der Waals surface area contributed by atoms with Crippen LogP contribution in [0.3, 0.4) is 0 Å². The standard InChI is InChI=1S/C29H33NO5/c1-20(34-18-21-10-4-2-5-11-21)26(29(32)33)30-28(31)25-17-16-23-14-8-9-15-24(23)27(25)35-19-22-12-6-3-7-13-22/h2,4-5,8-11,14-17,20,22,26H,3,6-7,12-13,18-19H2,1H3,(H,30,31)(H,32,33). The summed E-state index contributed by atoms with van der Waals surface area (Å²) in [6, 6.07) is 19.7. The summed E-state index contributed by atoms with van der Waals surface area (Å²) in [5.41, 5.74) is 1.27. The second-order valence-corrected chi connectivity index (χ2v) is 9.27. The molecule has 1 aliphatic rings. The zero-order valence-corrected chi connectivity index (χ0v) is 20.1. The van der Waals surface area contributed by atoms with E-state index in [1.54, 1.807) is 13.0 Å². The summed E-state index contributed by atoms with van der Waals surface area (Å²) in [6.45, 7) is 2.46. The maximum absolute atomic E-state index is 13.3. The number of aliphatic carboxylic acids is 1. The predicted molar refractivity (Wildman–Crippen MR) is 136 cm³/mol. The Morgan fingerprint density at radius 3 is 2.43 bits per heavy atom. The van der Waals surface area contributed by atoms with Crippen LogP contribution in [-0.4, -0.2) is 35.7 Å². The van der Waals surface area contributed by atoms with Crippen molar-refractivity contribution in [2.24, 2.45) is 5.92 Å². The molecule has 6 heteroatoms. The van der Waals surface area contributed by atoms with Crippen LogP contribution in [0.25, 0.3) is 10.8 Å². The van der Waals surface area contributed by atoms with Gasteiger partial charge in [-0.15, -0.1) is 0 Å². The Bertz CT molecular complexity index is 1140. The van der Waals surface area contributed by atoms with Crippen molar-refractivity contribution in [3.63, 3.8) is 0 Å². The first kappa shape index (κ1) is 24.7. The van der Waals surface area contributed by atoms with E-state index in [4.69, 9.17) is 9.47 Å². The molecule has 0 aliphatic heterocycles. The molecule has 35 heavy (non-hydrogen) atoms. The second-order valence-electron chi connectivity index (χ2n) is 9.27. The van der Waals surface area contributed by atoms with Crippen LogP contribution < -0.4 is 10.1 Å². The van der Waals surface area contributed by atoms with E-state index in [0.717, 1.165) is 29.2 Å². The number of hydrogen-bond acceptors (Lipinski definition) is 4. The van der Waals surface area contributed by atoms with Gasteiger partial charge in [0.2, 0.25) is 0 Å². The summed E-state index contributed by atoms with van der Waals surface area (Å²) in [6.07, 6.45) is 5.20. The van der Waals surface area contributed by atoms with Gasteiger partial charge >= 0.3 is 5.97 Å². The number of rotatable bonds is 10. The highest BCUT2D eigenvalue weighted by Crippen LogP contribution is 2.32. The van der Waals surface area contributed by atoms with Crippen molar-refractivity contribution in [3.8, 4) is 5.75 Å². The van der Waals surface area contributed by atoms with Crippen molar-refractivity contribution in [1.29, 1.82) is 0 Å². The molecule has 3 aromatic rings. The molecule has 0 saturated heterocycles. The molecule has 0 bridgehead atoms. The summed E-state index contributed by atoms with van der Waals surface area (Å²) >= 11 is 0. The largest absolute Gasteiger partial charge is 0.492 e. The van der Waals surface area contributed by atoms with E-state index in [9.17, 15) is 14.7 Å². The molecule has 2 unspecified atom stereocenters. The minimum Gasteiger partial charge on any atom is -0.492 e. The average Bonchev–Trinajstić information content (AvgIpc) is 2.89. The van der Waals surface area contributed by atoms with E-state index < -0.39 is 24.0 Å². The van der Waals surface area contributed by atoms with E-state index >= 15 is 0 Å². The average molecular weight is 476 g/mol. The van der Waals surface area contributed by atoms with Gasteiger partial charge in [0.05, 0.1) is 24.9 Å². The van der Waals surface area contributed by atoms with Gasteiger partial charge in [-0.05, 0) is 42.7 Å². The molecule has 1 fully saturated rings. The van der Waals surface area contributed by atoms with Gasteiger partial charge in [-0.3, -0.25) is 4.79 Å². The molecule has 4 rings (SSSR count). The number of carboxylic acids is 1. The molecule has 2 N–H and O–H groups in total. The van der Waals surface area contributed by atoms with E-state index in [1.807, 2.05) is 60.7 Å². The molecule has 184 valence electrons. The van der Waals surface area contributed by atoms with Gasteiger partial charge in [0, 0.05) is 5.39 Å². The first-order valence-corrected chi connectivity index (χ1v) is 12.4. The number of carbonyl (C=O) groups is 2. The number of hydrogen-bond donors (Lipinski definition) is 2. The lowest BCUT2D eigenvalue weighted by molar-refractivity contribution is -0.143. The Hall–Kier alpha value is -3.38. The van der Waals surface area contributed by atoms with Crippen molar-refractivity contribution in [2.45, 2.75) is 57.8 Å². The Morgan fingerprint density at radius 2 is 1.69 bits per heavy atom. The first-order chi connectivity index (χ1) is 17.0. The van der Waals surface area contributed by atoms with Crippen LogP contribution >= 0.6 is 0 Å². The van der Waals surface area contributed by atoms with Crippen LogP contribution in [0.1, 0.15) is 54.9 Å². The molecule has 3 aromatic carbocycles. The highest BCUT2D eigenvalue weighted by Gasteiger charge is 2.29. The smallest absolute Gasteiger partial charge is 0.328 e. The Labute approximate surface area is 206 Å². The predicted octanol–water partition coefficient (Wildman–Crippen LogP) is 5.59. The van der Waals surface area contributed by atoms with Gasteiger partial charge in [0.1, 0.15) is 5.75 Å². The molecule has 6 nitrogen and oxygen atoms in total. The van der Waals surface area contributed by atoms with Gasteiger partial charge in [0.15, 0.2) is 6.04 Å². The molecule has 2 atom stereocenters.